The number of rotatable bonds is 3. The highest BCUT2D eigenvalue weighted by Crippen LogP contribution is 2.29. The quantitative estimate of drug-likeness (QED) is 0.924. The molecule has 0 unspecified atom stereocenters. The number of benzene rings is 1. The third-order valence-electron chi connectivity index (χ3n) is 3.88. The van der Waals surface area contributed by atoms with Crippen molar-refractivity contribution in [3.63, 3.8) is 0 Å². The second kappa shape index (κ2) is 6.28. The molecule has 2 aliphatic rings. The number of carbonyl (C=O) groups is 1. The van der Waals surface area contributed by atoms with Crippen LogP contribution in [0.1, 0.15) is 12.8 Å². The summed E-state index contributed by atoms with van der Waals surface area (Å²) in [4.78, 5) is 13.9. The second-order valence-corrected chi connectivity index (χ2v) is 5.59. The van der Waals surface area contributed by atoms with Crippen LogP contribution in [0.4, 0.5) is 14.5 Å². The van der Waals surface area contributed by atoms with Gasteiger partial charge in [0.05, 0.1) is 32.0 Å². The van der Waals surface area contributed by atoms with Gasteiger partial charge in [0.2, 0.25) is 5.91 Å². The fourth-order valence-corrected chi connectivity index (χ4v) is 2.92. The van der Waals surface area contributed by atoms with E-state index in [0.717, 1.165) is 31.5 Å². The number of halogens is 2. The van der Waals surface area contributed by atoms with Gasteiger partial charge in [0.15, 0.2) is 5.79 Å². The van der Waals surface area contributed by atoms with Gasteiger partial charge in [-0.05, 0) is 25.1 Å². The molecule has 0 aliphatic carbocycles. The molecule has 1 N–H and O–H groups in total. The second-order valence-electron chi connectivity index (χ2n) is 5.59. The first kappa shape index (κ1) is 15.3. The SMILES string of the molecule is O=C(CN1CCCC2(C1)OCCO2)Nc1ccc(F)cc1F. The van der Waals surface area contributed by atoms with E-state index in [-0.39, 0.29) is 18.1 Å². The Bertz CT molecular complexity index is 562. The molecule has 120 valence electrons. The summed E-state index contributed by atoms with van der Waals surface area (Å²) in [6, 6.07) is 3.06. The van der Waals surface area contributed by atoms with Crippen molar-refractivity contribution in [3.8, 4) is 0 Å². The molecule has 0 atom stereocenters. The molecular weight excluding hydrogens is 294 g/mol. The molecule has 1 aromatic rings. The Balaban J connectivity index is 1.57. The molecule has 2 aliphatic heterocycles. The molecular formula is C15H18F2N2O3. The van der Waals surface area contributed by atoms with Crippen LogP contribution in [0, 0.1) is 11.6 Å². The molecule has 0 radical (unpaired) electrons. The van der Waals surface area contributed by atoms with Gasteiger partial charge in [-0.1, -0.05) is 0 Å². The van der Waals surface area contributed by atoms with Crippen LogP contribution in [0.2, 0.25) is 0 Å². The molecule has 5 nitrogen and oxygen atoms in total. The van der Waals surface area contributed by atoms with E-state index in [4.69, 9.17) is 9.47 Å². The lowest BCUT2D eigenvalue weighted by Gasteiger charge is -2.38. The van der Waals surface area contributed by atoms with Gasteiger partial charge in [-0.2, -0.15) is 0 Å². The first-order valence-electron chi connectivity index (χ1n) is 7.32. The van der Waals surface area contributed by atoms with Gasteiger partial charge >= 0.3 is 0 Å². The van der Waals surface area contributed by atoms with Crippen LogP contribution >= 0.6 is 0 Å². The van der Waals surface area contributed by atoms with Crippen LogP contribution in [0.3, 0.4) is 0 Å². The minimum atomic E-state index is -0.786. The fourth-order valence-electron chi connectivity index (χ4n) is 2.92. The molecule has 22 heavy (non-hydrogen) atoms. The largest absolute Gasteiger partial charge is 0.346 e. The molecule has 3 rings (SSSR count). The smallest absolute Gasteiger partial charge is 0.238 e. The summed E-state index contributed by atoms with van der Waals surface area (Å²) >= 11 is 0. The van der Waals surface area contributed by atoms with Gasteiger partial charge in [0.25, 0.3) is 0 Å². The Morgan fingerprint density at radius 1 is 1.32 bits per heavy atom. The molecule has 0 saturated carbocycles. The summed E-state index contributed by atoms with van der Waals surface area (Å²) in [7, 11) is 0. The zero-order valence-electron chi connectivity index (χ0n) is 12.1. The number of carbonyl (C=O) groups excluding carboxylic acids is 1. The average Bonchev–Trinajstić information content (AvgIpc) is 2.90. The number of nitrogens with zero attached hydrogens (tertiary/aromatic N) is 1. The van der Waals surface area contributed by atoms with Crippen LogP contribution in [-0.4, -0.2) is 49.4 Å². The average molecular weight is 312 g/mol. The van der Waals surface area contributed by atoms with Crippen LogP contribution in [0.5, 0.6) is 0 Å². The van der Waals surface area contributed by atoms with Crippen molar-refractivity contribution in [2.75, 3.05) is 38.2 Å². The number of hydrogen-bond acceptors (Lipinski definition) is 4. The minimum absolute atomic E-state index is 0.0218. The van der Waals surface area contributed by atoms with Gasteiger partial charge < -0.3 is 14.8 Å². The standard InChI is InChI=1S/C15H18F2N2O3/c16-11-2-3-13(12(17)8-11)18-14(20)9-19-5-1-4-15(10-19)21-6-7-22-15/h2-3,8H,1,4-7,9-10H2,(H,18,20). The Morgan fingerprint density at radius 2 is 2.09 bits per heavy atom. The highest BCUT2D eigenvalue weighted by molar-refractivity contribution is 5.92. The van der Waals surface area contributed by atoms with Crippen molar-refractivity contribution in [1.82, 2.24) is 4.90 Å². The Kier molecular flexibility index (Phi) is 4.37. The molecule has 1 spiro atoms. The minimum Gasteiger partial charge on any atom is -0.346 e. The Labute approximate surface area is 127 Å². The fraction of sp³-hybridized carbons (Fsp3) is 0.533. The van der Waals surface area contributed by atoms with E-state index in [1.807, 2.05) is 4.90 Å². The summed E-state index contributed by atoms with van der Waals surface area (Å²) in [5.41, 5.74) is -0.0218. The van der Waals surface area contributed by atoms with Crippen molar-refractivity contribution in [1.29, 1.82) is 0 Å². The first-order valence-corrected chi connectivity index (χ1v) is 7.32. The number of amides is 1. The maximum absolute atomic E-state index is 13.5. The molecule has 2 fully saturated rings. The number of piperidine rings is 1. The molecule has 2 heterocycles. The lowest BCUT2D eigenvalue weighted by molar-refractivity contribution is -0.189. The summed E-state index contributed by atoms with van der Waals surface area (Å²) in [6.07, 6.45) is 1.69. The number of anilines is 1. The van der Waals surface area contributed by atoms with Crippen molar-refractivity contribution >= 4 is 11.6 Å². The highest BCUT2D eigenvalue weighted by atomic mass is 19.1. The number of hydrogen-bond donors (Lipinski definition) is 1. The summed E-state index contributed by atoms with van der Waals surface area (Å²) < 4.78 is 37.7. The van der Waals surface area contributed by atoms with Crippen molar-refractivity contribution in [3.05, 3.63) is 29.8 Å². The summed E-state index contributed by atoms with van der Waals surface area (Å²) in [5, 5.41) is 2.46. The Morgan fingerprint density at radius 3 is 2.82 bits per heavy atom. The Hall–Kier alpha value is -1.57. The van der Waals surface area contributed by atoms with Gasteiger partial charge in [0, 0.05) is 12.5 Å². The highest BCUT2D eigenvalue weighted by Gasteiger charge is 2.40. The molecule has 1 aromatic carbocycles. The van der Waals surface area contributed by atoms with Gasteiger partial charge in [-0.25, -0.2) is 8.78 Å². The van der Waals surface area contributed by atoms with Crippen molar-refractivity contribution in [2.45, 2.75) is 18.6 Å². The zero-order chi connectivity index (χ0) is 15.6. The number of ether oxygens (including phenoxy) is 2. The van der Waals surface area contributed by atoms with E-state index in [2.05, 4.69) is 5.32 Å². The van der Waals surface area contributed by atoms with Crippen LogP contribution < -0.4 is 5.32 Å². The van der Waals surface area contributed by atoms with E-state index in [1.54, 1.807) is 0 Å². The van der Waals surface area contributed by atoms with E-state index in [9.17, 15) is 13.6 Å². The van der Waals surface area contributed by atoms with Crippen LogP contribution in [-0.2, 0) is 14.3 Å². The van der Waals surface area contributed by atoms with Gasteiger partial charge in [0.1, 0.15) is 11.6 Å². The third-order valence-corrected chi connectivity index (χ3v) is 3.88. The van der Waals surface area contributed by atoms with Crippen molar-refractivity contribution < 1.29 is 23.0 Å². The molecule has 7 heteroatoms. The van der Waals surface area contributed by atoms with E-state index >= 15 is 0 Å². The predicted octanol–water partition coefficient (Wildman–Crippen LogP) is 1.74. The zero-order valence-corrected chi connectivity index (χ0v) is 12.1. The van der Waals surface area contributed by atoms with Gasteiger partial charge in [-0.3, -0.25) is 9.69 Å². The van der Waals surface area contributed by atoms with Crippen LogP contribution in [0.25, 0.3) is 0 Å². The molecule has 1 amide bonds. The number of nitrogens with one attached hydrogen (secondary N) is 1. The summed E-state index contributed by atoms with van der Waals surface area (Å²) in [6.45, 7) is 2.53. The molecule has 0 bridgehead atoms. The molecule has 2 saturated heterocycles. The van der Waals surface area contributed by atoms with E-state index in [1.165, 1.54) is 6.07 Å². The predicted molar refractivity (Wildman–Crippen MR) is 75.3 cm³/mol. The summed E-state index contributed by atoms with van der Waals surface area (Å²) in [5.74, 6) is -2.41. The topological polar surface area (TPSA) is 50.8 Å². The maximum atomic E-state index is 13.5. The third kappa shape index (κ3) is 3.43. The van der Waals surface area contributed by atoms with Crippen molar-refractivity contribution in [2.24, 2.45) is 0 Å². The van der Waals surface area contributed by atoms with Crippen LogP contribution in [0.15, 0.2) is 18.2 Å². The lowest BCUT2D eigenvalue weighted by atomic mass is 10.0. The van der Waals surface area contributed by atoms with Gasteiger partial charge in [-0.15, -0.1) is 0 Å². The maximum Gasteiger partial charge on any atom is 0.238 e. The monoisotopic (exact) mass is 312 g/mol. The first-order chi connectivity index (χ1) is 10.6. The normalized spacial score (nSPS) is 21.2. The lowest BCUT2D eigenvalue weighted by Crippen LogP contribution is -2.50. The molecule has 0 aromatic heterocycles. The number of likely N-dealkylation sites (tertiary alicyclic amines) is 1. The van der Waals surface area contributed by atoms with E-state index < -0.39 is 17.4 Å². The van der Waals surface area contributed by atoms with E-state index in [0.29, 0.717) is 19.8 Å².